The zero-order chi connectivity index (χ0) is 9.14. The molecule has 0 aromatic heterocycles. The maximum Gasteiger partial charge on any atom is 0.0432 e. The molecule has 0 amide bonds. The molecule has 0 spiro atoms. The largest absolute Gasteiger partial charge is 0.119 e. The minimum absolute atomic E-state index is 0.160. The lowest BCUT2D eigenvalue weighted by atomic mass is 10.0. The van der Waals surface area contributed by atoms with Crippen LogP contribution in [0.25, 0.3) is 0 Å². The third-order valence-corrected chi connectivity index (χ3v) is 2.86. The number of halogens is 2. The molecule has 0 bridgehead atoms. The molecule has 0 aliphatic carbocycles. The first kappa shape index (κ1) is 9.83. The molecule has 0 nitrogen and oxygen atoms in total. The first-order chi connectivity index (χ1) is 5.65. The van der Waals surface area contributed by atoms with E-state index < -0.39 is 0 Å². The predicted molar refractivity (Wildman–Crippen MR) is 59.1 cm³/mol. The van der Waals surface area contributed by atoms with Crippen LogP contribution in [0, 0.1) is 12.3 Å². The molecule has 0 fully saturated rings. The van der Waals surface area contributed by atoms with Crippen molar-refractivity contribution in [2.24, 2.45) is 0 Å². The Morgan fingerprint density at radius 1 is 1.42 bits per heavy atom. The van der Waals surface area contributed by atoms with E-state index in [4.69, 9.17) is 6.42 Å². The summed E-state index contributed by atoms with van der Waals surface area (Å²) in [4.78, 5) is 0. The van der Waals surface area contributed by atoms with E-state index in [9.17, 15) is 0 Å². The van der Waals surface area contributed by atoms with Crippen molar-refractivity contribution in [2.75, 3.05) is 0 Å². The Morgan fingerprint density at radius 2 is 2.08 bits per heavy atom. The highest BCUT2D eigenvalue weighted by atomic mass is 79.9. The quantitative estimate of drug-likeness (QED) is 0.686. The van der Waals surface area contributed by atoms with Gasteiger partial charge in [0.05, 0.1) is 0 Å². The zero-order valence-corrected chi connectivity index (χ0v) is 9.81. The molecular formula is C10H8Br2. The van der Waals surface area contributed by atoms with Gasteiger partial charge in [-0.15, -0.1) is 6.42 Å². The van der Waals surface area contributed by atoms with Gasteiger partial charge in [-0.3, -0.25) is 0 Å². The van der Waals surface area contributed by atoms with Gasteiger partial charge < -0.3 is 0 Å². The maximum absolute atomic E-state index is 5.33. The fourth-order valence-electron chi connectivity index (χ4n) is 0.942. The van der Waals surface area contributed by atoms with Crippen LogP contribution in [-0.2, 0) is 0 Å². The number of rotatable bonds is 1. The standard InChI is InChI=1S/C10H8Br2/c1-3-7(2)9-5-4-8(11)6-10(9)12/h1,4-7H,2H3. The third-order valence-electron chi connectivity index (χ3n) is 1.68. The highest BCUT2D eigenvalue weighted by molar-refractivity contribution is 9.11. The zero-order valence-electron chi connectivity index (χ0n) is 6.64. The van der Waals surface area contributed by atoms with E-state index >= 15 is 0 Å². The molecular weight excluding hydrogens is 280 g/mol. The second-order valence-electron chi connectivity index (χ2n) is 2.55. The maximum atomic E-state index is 5.33. The topological polar surface area (TPSA) is 0 Å². The van der Waals surface area contributed by atoms with E-state index in [1.807, 2.05) is 25.1 Å². The Bertz CT molecular complexity index is 323. The number of benzene rings is 1. The summed E-state index contributed by atoms with van der Waals surface area (Å²) in [5.41, 5.74) is 1.15. The van der Waals surface area contributed by atoms with Crippen molar-refractivity contribution in [2.45, 2.75) is 12.8 Å². The number of hydrogen-bond acceptors (Lipinski definition) is 0. The molecule has 1 aromatic carbocycles. The second-order valence-corrected chi connectivity index (χ2v) is 4.32. The van der Waals surface area contributed by atoms with Gasteiger partial charge in [0.25, 0.3) is 0 Å². The molecule has 0 saturated heterocycles. The van der Waals surface area contributed by atoms with E-state index in [0.717, 1.165) is 14.5 Å². The SMILES string of the molecule is C#CC(C)c1ccc(Br)cc1Br. The van der Waals surface area contributed by atoms with Crippen LogP contribution in [0.1, 0.15) is 18.4 Å². The monoisotopic (exact) mass is 286 g/mol. The lowest BCUT2D eigenvalue weighted by Gasteiger charge is -2.06. The summed E-state index contributed by atoms with van der Waals surface area (Å²) in [6.07, 6.45) is 5.33. The second kappa shape index (κ2) is 4.11. The molecule has 0 saturated carbocycles. The molecule has 1 rings (SSSR count). The van der Waals surface area contributed by atoms with E-state index in [2.05, 4.69) is 37.8 Å². The van der Waals surface area contributed by atoms with Gasteiger partial charge in [0.2, 0.25) is 0 Å². The minimum atomic E-state index is 0.160. The fraction of sp³-hybridized carbons (Fsp3) is 0.200. The summed E-state index contributed by atoms with van der Waals surface area (Å²) < 4.78 is 2.12. The summed E-state index contributed by atoms with van der Waals surface area (Å²) in [6.45, 7) is 2.01. The summed E-state index contributed by atoms with van der Waals surface area (Å²) in [6, 6.07) is 6.02. The van der Waals surface area contributed by atoms with Crippen LogP contribution < -0.4 is 0 Å². The molecule has 0 aliphatic rings. The Balaban J connectivity index is 3.11. The minimum Gasteiger partial charge on any atom is -0.119 e. The van der Waals surface area contributed by atoms with Crippen LogP contribution >= 0.6 is 31.9 Å². The lowest BCUT2D eigenvalue weighted by molar-refractivity contribution is 0.996. The van der Waals surface area contributed by atoms with Crippen molar-refractivity contribution in [3.05, 3.63) is 32.7 Å². The average molecular weight is 288 g/mol. The Hall–Kier alpha value is -0.260. The van der Waals surface area contributed by atoms with Gasteiger partial charge in [-0.25, -0.2) is 0 Å². The van der Waals surface area contributed by atoms with E-state index in [-0.39, 0.29) is 5.92 Å². The van der Waals surface area contributed by atoms with Gasteiger partial charge in [-0.2, -0.15) is 0 Å². The van der Waals surface area contributed by atoms with Crippen LogP contribution in [-0.4, -0.2) is 0 Å². The number of hydrogen-bond donors (Lipinski definition) is 0. The van der Waals surface area contributed by atoms with Crippen LogP contribution in [0.5, 0.6) is 0 Å². The molecule has 62 valence electrons. The summed E-state index contributed by atoms with van der Waals surface area (Å²) in [7, 11) is 0. The van der Waals surface area contributed by atoms with E-state index in [1.54, 1.807) is 0 Å². The van der Waals surface area contributed by atoms with Gasteiger partial charge in [0, 0.05) is 14.9 Å². The Kier molecular flexibility index (Phi) is 3.37. The first-order valence-corrected chi connectivity index (χ1v) is 5.15. The van der Waals surface area contributed by atoms with Crippen LogP contribution in [0.4, 0.5) is 0 Å². The van der Waals surface area contributed by atoms with Crippen molar-refractivity contribution >= 4 is 31.9 Å². The van der Waals surface area contributed by atoms with Gasteiger partial charge in [-0.1, -0.05) is 43.8 Å². The van der Waals surface area contributed by atoms with Crippen molar-refractivity contribution in [1.29, 1.82) is 0 Å². The van der Waals surface area contributed by atoms with Crippen LogP contribution in [0.2, 0.25) is 0 Å². The van der Waals surface area contributed by atoms with Gasteiger partial charge in [0.15, 0.2) is 0 Å². The molecule has 0 heterocycles. The molecule has 2 heteroatoms. The van der Waals surface area contributed by atoms with E-state index in [1.165, 1.54) is 0 Å². The van der Waals surface area contributed by atoms with Crippen molar-refractivity contribution < 1.29 is 0 Å². The molecule has 0 N–H and O–H groups in total. The first-order valence-electron chi connectivity index (χ1n) is 3.56. The highest BCUT2D eigenvalue weighted by Gasteiger charge is 2.05. The Labute approximate surface area is 89.6 Å². The normalized spacial score (nSPS) is 12.2. The molecule has 12 heavy (non-hydrogen) atoms. The summed E-state index contributed by atoms with van der Waals surface area (Å²) >= 11 is 6.85. The molecule has 0 aliphatic heterocycles. The lowest BCUT2D eigenvalue weighted by Crippen LogP contribution is -1.90. The van der Waals surface area contributed by atoms with Crippen molar-refractivity contribution in [3.63, 3.8) is 0 Å². The van der Waals surface area contributed by atoms with Gasteiger partial charge in [0.1, 0.15) is 0 Å². The highest BCUT2D eigenvalue weighted by Crippen LogP contribution is 2.27. The molecule has 1 aromatic rings. The van der Waals surface area contributed by atoms with Gasteiger partial charge in [-0.05, 0) is 24.6 Å². The van der Waals surface area contributed by atoms with Crippen molar-refractivity contribution in [1.82, 2.24) is 0 Å². The summed E-state index contributed by atoms with van der Waals surface area (Å²) in [5.74, 6) is 2.86. The van der Waals surface area contributed by atoms with E-state index in [0.29, 0.717) is 0 Å². The predicted octanol–water partition coefficient (Wildman–Crippen LogP) is 3.95. The molecule has 0 radical (unpaired) electrons. The smallest absolute Gasteiger partial charge is 0.0432 e. The molecule has 1 atom stereocenters. The fourth-order valence-corrected chi connectivity index (χ4v) is 2.33. The summed E-state index contributed by atoms with van der Waals surface area (Å²) in [5, 5.41) is 0. The van der Waals surface area contributed by atoms with Crippen LogP contribution in [0.15, 0.2) is 27.1 Å². The average Bonchev–Trinajstić information content (AvgIpc) is 2.03. The number of terminal acetylenes is 1. The van der Waals surface area contributed by atoms with Crippen molar-refractivity contribution in [3.8, 4) is 12.3 Å². The van der Waals surface area contributed by atoms with Gasteiger partial charge >= 0.3 is 0 Å². The van der Waals surface area contributed by atoms with Crippen LogP contribution in [0.3, 0.4) is 0 Å². The molecule has 1 unspecified atom stereocenters. The Morgan fingerprint density at radius 3 is 2.58 bits per heavy atom. The third kappa shape index (κ3) is 2.12.